The minimum Gasteiger partial charge on any atom is -0.462 e. The molecule has 0 rings (SSSR count). The van der Waals surface area contributed by atoms with Gasteiger partial charge in [-0.1, -0.05) is 249 Å². The van der Waals surface area contributed by atoms with Crippen LogP contribution in [0, 0.1) is 0 Å². The molecule has 0 spiro atoms. The second-order valence-corrected chi connectivity index (χ2v) is 19.2. The molecule has 0 aliphatic heterocycles. The van der Waals surface area contributed by atoms with Crippen molar-refractivity contribution in [2.24, 2.45) is 0 Å². The topological polar surface area (TPSA) is 78.9 Å². The van der Waals surface area contributed by atoms with Gasteiger partial charge in [0.15, 0.2) is 6.10 Å². The molecule has 76 heavy (non-hydrogen) atoms. The van der Waals surface area contributed by atoms with Crippen LogP contribution in [0.15, 0.2) is 170 Å². The van der Waals surface area contributed by atoms with Crippen LogP contribution in [0.3, 0.4) is 0 Å². The number of unbranched alkanes of at least 4 members (excludes halogenated alkanes) is 14. The summed E-state index contributed by atoms with van der Waals surface area (Å²) < 4.78 is 16.7. The van der Waals surface area contributed by atoms with E-state index in [4.69, 9.17) is 14.2 Å². The Labute approximate surface area is 466 Å². The van der Waals surface area contributed by atoms with Crippen molar-refractivity contribution in [3.05, 3.63) is 170 Å². The highest BCUT2D eigenvalue weighted by molar-refractivity contribution is 5.72. The van der Waals surface area contributed by atoms with Gasteiger partial charge in [-0.25, -0.2) is 0 Å². The number of rotatable bonds is 52. The van der Waals surface area contributed by atoms with E-state index < -0.39 is 12.1 Å². The number of ether oxygens (including phenoxy) is 3. The van der Waals surface area contributed by atoms with Crippen molar-refractivity contribution in [1.82, 2.24) is 0 Å². The van der Waals surface area contributed by atoms with E-state index >= 15 is 0 Å². The van der Waals surface area contributed by atoms with E-state index in [-0.39, 0.29) is 38.0 Å². The molecule has 0 aromatic heterocycles. The third kappa shape index (κ3) is 59.6. The van der Waals surface area contributed by atoms with Gasteiger partial charge in [-0.3, -0.25) is 14.4 Å². The molecule has 0 aliphatic rings. The number of hydrogen-bond acceptors (Lipinski definition) is 6. The summed E-state index contributed by atoms with van der Waals surface area (Å²) in [5.74, 6) is -1.12. The number of esters is 3. The molecule has 0 N–H and O–H groups in total. The van der Waals surface area contributed by atoms with Crippen molar-refractivity contribution in [2.75, 3.05) is 13.2 Å². The molecular weight excluding hydrogens is 937 g/mol. The second-order valence-electron chi connectivity index (χ2n) is 19.2. The first-order valence-electron chi connectivity index (χ1n) is 30.1. The Morgan fingerprint density at radius 1 is 0.289 bits per heavy atom. The van der Waals surface area contributed by atoms with Crippen molar-refractivity contribution < 1.29 is 28.6 Å². The zero-order valence-electron chi connectivity index (χ0n) is 48.4. The molecule has 0 aliphatic carbocycles. The number of carbonyl (C=O) groups is 3. The van der Waals surface area contributed by atoms with E-state index in [1.165, 1.54) is 51.4 Å². The highest BCUT2D eigenvalue weighted by atomic mass is 16.6. The average molecular weight is 1050 g/mol. The SMILES string of the molecule is CC/C=C\C/C=C\C/C=C\C/C=C\C/C=C\C/C=C\C/C=C\CCCCCC(=O)OCC(COC(=O)C/C=C\C/C=C\C/C=C\C/C=C\C/C=C\CC)OC(=O)CCCCCCCCC/C=C\C/C=C\CCCCCC. The summed E-state index contributed by atoms with van der Waals surface area (Å²) in [5.41, 5.74) is 0. The van der Waals surface area contributed by atoms with Gasteiger partial charge in [0.2, 0.25) is 0 Å². The Balaban J connectivity index is 4.57. The molecule has 1 unspecified atom stereocenters. The Morgan fingerprint density at radius 2 is 0.566 bits per heavy atom. The quantitative estimate of drug-likeness (QED) is 0.0261. The van der Waals surface area contributed by atoms with Crippen LogP contribution in [0.2, 0.25) is 0 Å². The van der Waals surface area contributed by atoms with Crippen LogP contribution < -0.4 is 0 Å². The van der Waals surface area contributed by atoms with Crippen molar-refractivity contribution in [2.45, 2.75) is 239 Å². The van der Waals surface area contributed by atoms with Gasteiger partial charge in [0, 0.05) is 12.8 Å². The number of hydrogen-bond donors (Lipinski definition) is 0. The van der Waals surface area contributed by atoms with Crippen molar-refractivity contribution >= 4 is 17.9 Å². The molecule has 6 nitrogen and oxygen atoms in total. The van der Waals surface area contributed by atoms with E-state index in [0.717, 1.165) is 141 Å². The standard InChI is InChI=1S/C70H108O6/c1-4-7-10-13-16-19-22-25-28-30-32-33-34-35-36-37-38-40-42-45-48-51-54-57-60-63-69(72)75-66-67(65-74-68(71)62-59-56-53-50-47-44-41-27-24-21-18-15-12-9-6-3)76-70(73)64-61-58-55-52-49-46-43-39-31-29-26-23-20-17-14-11-8-5-2/h7,9-10,12,16,18-21,23,25,27-29,31-33,35-36,38,40-41,45,47-48,50,56,59,67H,4-6,8,11,13-15,17,22,24,26,30,34,37,39,42-44,46,49,51-55,57-58,60-66H2,1-3H3/b10-7-,12-9-,19-16-,21-18-,23-20-,28-25-,31-29-,33-32-,36-35-,40-38-,41-27-,48-45-,50-47-,59-56-. The van der Waals surface area contributed by atoms with Crippen LogP contribution >= 0.6 is 0 Å². The summed E-state index contributed by atoms with van der Waals surface area (Å²) in [6.45, 7) is 6.26. The average Bonchev–Trinajstić information content (AvgIpc) is 3.42. The Morgan fingerprint density at radius 3 is 0.934 bits per heavy atom. The molecule has 0 radical (unpaired) electrons. The van der Waals surface area contributed by atoms with Gasteiger partial charge < -0.3 is 14.2 Å². The number of carbonyl (C=O) groups excluding carboxylic acids is 3. The molecule has 0 heterocycles. The molecule has 1 atom stereocenters. The fraction of sp³-hybridized carbons (Fsp3) is 0.557. The summed E-state index contributed by atoms with van der Waals surface area (Å²) in [6.07, 6.45) is 92.3. The van der Waals surface area contributed by atoms with Gasteiger partial charge >= 0.3 is 17.9 Å². The predicted molar refractivity (Wildman–Crippen MR) is 329 cm³/mol. The Bertz CT molecular complexity index is 1770. The molecule has 0 amide bonds. The molecule has 0 fully saturated rings. The fourth-order valence-corrected chi connectivity index (χ4v) is 7.52. The summed E-state index contributed by atoms with van der Waals surface area (Å²) >= 11 is 0. The minimum absolute atomic E-state index is 0.110. The van der Waals surface area contributed by atoms with E-state index in [1.54, 1.807) is 6.08 Å². The maximum absolute atomic E-state index is 12.9. The second kappa shape index (κ2) is 62.3. The molecule has 424 valence electrons. The lowest BCUT2D eigenvalue weighted by Gasteiger charge is -2.18. The molecule has 0 aromatic carbocycles. The Kier molecular flexibility index (Phi) is 58.0. The van der Waals surface area contributed by atoms with Crippen LogP contribution in [0.25, 0.3) is 0 Å². The highest BCUT2D eigenvalue weighted by Gasteiger charge is 2.19. The molecule has 0 bridgehead atoms. The summed E-state index contributed by atoms with van der Waals surface area (Å²) in [6, 6.07) is 0. The largest absolute Gasteiger partial charge is 0.462 e. The van der Waals surface area contributed by atoms with Gasteiger partial charge in [-0.05, 0) is 135 Å². The first kappa shape index (κ1) is 70.8. The first-order valence-corrected chi connectivity index (χ1v) is 30.1. The van der Waals surface area contributed by atoms with E-state index in [1.807, 2.05) is 6.08 Å². The van der Waals surface area contributed by atoms with Crippen molar-refractivity contribution in [3.8, 4) is 0 Å². The van der Waals surface area contributed by atoms with E-state index in [0.29, 0.717) is 6.42 Å². The van der Waals surface area contributed by atoms with Crippen LogP contribution in [0.1, 0.15) is 233 Å². The third-order valence-electron chi connectivity index (χ3n) is 12.0. The zero-order valence-corrected chi connectivity index (χ0v) is 48.4. The summed E-state index contributed by atoms with van der Waals surface area (Å²) in [7, 11) is 0. The molecule has 6 heteroatoms. The molecular formula is C70H108O6. The van der Waals surface area contributed by atoms with Gasteiger partial charge in [0.05, 0.1) is 6.42 Å². The van der Waals surface area contributed by atoms with Crippen molar-refractivity contribution in [3.63, 3.8) is 0 Å². The van der Waals surface area contributed by atoms with Gasteiger partial charge in [0.1, 0.15) is 13.2 Å². The maximum Gasteiger partial charge on any atom is 0.309 e. The first-order chi connectivity index (χ1) is 37.5. The van der Waals surface area contributed by atoms with Crippen molar-refractivity contribution in [1.29, 1.82) is 0 Å². The lowest BCUT2D eigenvalue weighted by molar-refractivity contribution is -0.166. The lowest BCUT2D eigenvalue weighted by Crippen LogP contribution is -2.30. The van der Waals surface area contributed by atoms with Crippen LogP contribution in [-0.4, -0.2) is 37.2 Å². The molecule has 0 aromatic rings. The van der Waals surface area contributed by atoms with E-state index in [2.05, 4.69) is 179 Å². The monoisotopic (exact) mass is 1040 g/mol. The minimum atomic E-state index is -0.847. The van der Waals surface area contributed by atoms with E-state index in [9.17, 15) is 14.4 Å². The zero-order chi connectivity index (χ0) is 55.0. The number of allylic oxidation sites excluding steroid dienone is 27. The van der Waals surface area contributed by atoms with Crippen LogP contribution in [0.5, 0.6) is 0 Å². The van der Waals surface area contributed by atoms with Gasteiger partial charge in [-0.15, -0.1) is 0 Å². The smallest absolute Gasteiger partial charge is 0.309 e. The molecule has 0 saturated heterocycles. The van der Waals surface area contributed by atoms with Gasteiger partial charge in [0.25, 0.3) is 0 Å². The Hall–Kier alpha value is -5.23. The predicted octanol–water partition coefficient (Wildman–Crippen LogP) is 20.7. The lowest BCUT2D eigenvalue weighted by atomic mass is 10.1. The maximum atomic E-state index is 12.9. The summed E-state index contributed by atoms with van der Waals surface area (Å²) in [5, 5.41) is 0. The normalized spacial score (nSPS) is 13.4. The van der Waals surface area contributed by atoms with Crippen LogP contribution in [-0.2, 0) is 28.6 Å². The highest BCUT2D eigenvalue weighted by Crippen LogP contribution is 2.13. The summed E-state index contributed by atoms with van der Waals surface area (Å²) in [4.78, 5) is 38.2. The van der Waals surface area contributed by atoms with Gasteiger partial charge in [-0.2, -0.15) is 0 Å². The van der Waals surface area contributed by atoms with Crippen LogP contribution in [0.4, 0.5) is 0 Å². The molecule has 0 saturated carbocycles. The fourth-order valence-electron chi connectivity index (χ4n) is 7.52. The third-order valence-corrected chi connectivity index (χ3v) is 12.0.